The number of phenols is 1. The number of hydrogen-bond donors (Lipinski definition) is 3. The van der Waals surface area contributed by atoms with Gasteiger partial charge in [0.05, 0.1) is 5.69 Å². The minimum Gasteiger partial charge on any atom is -0.506 e. The molecule has 6 heteroatoms. The Hall–Kier alpha value is -1.27. The summed E-state index contributed by atoms with van der Waals surface area (Å²) in [7, 11) is -3.87. The number of aromatic hydroxyl groups is 1. The first kappa shape index (κ1) is 9.82. The molecule has 1 aromatic carbocycles. The van der Waals surface area contributed by atoms with Crippen molar-refractivity contribution in [3.05, 3.63) is 17.7 Å². The highest BCUT2D eigenvalue weighted by molar-refractivity contribution is 7.89. The van der Waals surface area contributed by atoms with Crippen LogP contribution in [0, 0.1) is 6.92 Å². The fraction of sp³-hybridized carbons (Fsp3) is 0.143. The molecule has 5 N–H and O–H groups in total. The average molecular weight is 202 g/mol. The summed E-state index contributed by atoms with van der Waals surface area (Å²) in [4.78, 5) is -0.215. The zero-order valence-electron chi connectivity index (χ0n) is 6.98. The summed E-state index contributed by atoms with van der Waals surface area (Å²) in [5.74, 6) is -0.283. The van der Waals surface area contributed by atoms with Gasteiger partial charge in [0.15, 0.2) is 0 Å². The molecule has 0 unspecified atom stereocenters. The predicted octanol–water partition coefficient (Wildman–Crippen LogP) is -0.0698. The molecule has 0 aliphatic rings. The number of phenolic OH excluding ortho intramolecular Hbond substituents is 1. The second kappa shape index (κ2) is 2.90. The van der Waals surface area contributed by atoms with Gasteiger partial charge >= 0.3 is 0 Å². The van der Waals surface area contributed by atoms with E-state index in [2.05, 4.69) is 0 Å². The van der Waals surface area contributed by atoms with Crippen LogP contribution in [0.5, 0.6) is 5.75 Å². The van der Waals surface area contributed by atoms with E-state index in [1.165, 1.54) is 12.1 Å². The van der Waals surface area contributed by atoms with Crippen LogP contribution in [0.15, 0.2) is 17.0 Å². The smallest absolute Gasteiger partial charge is 0.240 e. The molecule has 5 nitrogen and oxygen atoms in total. The monoisotopic (exact) mass is 202 g/mol. The van der Waals surface area contributed by atoms with E-state index in [4.69, 9.17) is 16.0 Å². The van der Waals surface area contributed by atoms with Crippen molar-refractivity contribution in [3.63, 3.8) is 0 Å². The SMILES string of the molecule is Cc1ccc(O)c(N)c1S(N)(=O)=O. The first-order chi connectivity index (χ1) is 5.84. The normalized spacial score (nSPS) is 11.5. The highest BCUT2D eigenvalue weighted by Gasteiger charge is 2.17. The number of nitrogens with two attached hydrogens (primary N) is 2. The third-order valence-electron chi connectivity index (χ3n) is 1.65. The maximum absolute atomic E-state index is 11.0. The minimum atomic E-state index is -3.87. The van der Waals surface area contributed by atoms with Crippen molar-refractivity contribution in [3.8, 4) is 5.75 Å². The lowest BCUT2D eigenvalue weighted by atomic mass is 10.2. The molecule has 0 aliphatic carbocycles. The molecule has 0 bridgehead atoms. The number of primary sulfonamides is 1. The second-order valence-corrected chi connectivity index (χ2v) is 4.19. The van der Waals surface area contributed by atoms with Gasteiger partial charge in [-0.1, -0.05) is 6.07 Å². The lowest BCUT2D eigenvalue weighted by molar-refractivity contribution is 0.476. The van der Waals surface area contributed by atoms with Crippen molar-refractivity contribution in [2.24, 2.45) is 5.14 Å². The van der Waals surface area contributed by atoms with Crippen molar-refractivity contribution < 1.29 is 13.5 Å². The van der Waals surface area contributed by atoms with Crippen LogP contribution in [0.25, 0.3) is 0 Å². The molecule has 0 amide bonds. The number of nitrogen functional groups attached to an aromatic ring is 1. The number of sulfonamides is 1. The quantitative estimate of drug-likeness (QED) is 0.437. The molecule has 0 spiro atoms. The summed E-state index contributed by atoms with van der Waals surface area (Å²) in [6.45, 7) is 1.55. The van der Waals surface area contributed by atoms with Crippen molar-refractivity contribution in [1.29, 1.82) is 0 Å². The van der Waals surface area contributed by atoms with Gasteiger partial charge < -0.3 is 10.8 Å². The highest BCUT2D eigenvalue weighted by Crippen LogP contribution is 2.29. The Morgan fingerprint density at radius 1 is 1.38 bits per heavy atom. The van der Waals surface area contributed by atoms with Gasteiger partial charge in [-0.05, 0) is 18.6 Å². The van der Waals surface area contributed by atoms with Crippen LogP contribution >= 0.6 is 0 Å². The van der Waals surface area contributed by atoms with Gasteiger partial charge in [-0.15, -0.1) is 0 Å². The number of benzene rings is 1. The van der Waals surface area contributed by atoms with Crippen LogP contribution in [0.4, 0.5) is 5.69 Å². The minimum absolute atomic E-state index is 0.206. The van der Waals surface area contributed by atoms with Crippen LogP contribution in [-0.2, 0) is 10.0 Å². The Kier molecular flexibility index (Phi) is 2.19. The highest BCUT2D eigenvalue weighted by atomic mass is 32.2. The molecule has 1 aromatic rings. The Morgan fingerprint density at radius 3 is 2.31 bits per heavy atom. The standard InChI is InChI=1S/C7H10N2O3S/c1-4-2-3-5(10)6(8)7(4)13(9,11)12/h2-3,10H,8H2,1H3,(H2,9,11,12). The molecule has 13 heavy (non-hydrogen) atoms. The fourth-order valence-corrected chi connectivity index (χ4v) is 2.00. The van der Waals surface area contributed by atoms with E-state index in [0.717, 1.165) is 0 Å². The molecule has 0 aromatic heterocycles. The van der Waals surface area contributed by atoms with E-state index in [0.29, 0.717) is 5.56 Å². The maximum Gasteiger partial charge on any atom is 0.240 e. The zero-order chi connectivity index (χ0) is 10.2. The zero-order valence-corrected chi connectivity index (χ0v) is 7.80. The van der Waals surface area contributed by atoms with Gasteiger partial charge in [-0.3, -0.25) is 0 Å². The number of anilines is 1. The van der Waals surface area contributed by atoms with Crippen molar-refractivity contribution >= 4 is 15.7 Å². The molecular weight excluding hydrogens is 192 g/mol. The summed E-state index contributed by atoms with van der Waals surface area (Å²) in [5, 5.41) is 14.1. The Bertz CT molecular complexity index is 439. The third kappa shape index (κ3) is 1.73. The summed E-state index contributed by atoms with van der Waals surface area (Å²) in [6.07, 6.45) is 0. The summed E-state index contributed by atoms with van der Waals surface area (Å²) < 4.78 is 22.0. The van der Waals surface area contributed by atoms with E-state index < -0.39 is 10.0 Å². The van der Waals surface area contributed by atoms with E-state index >= 15 is 0 Å². The predicted molar refractivity (Wildman–Crippen MR) is 48.6 cm³/mol. The number of aryl methyl sites for hydroxylation is 1. The Labute approximate surface area is 76.0 Å². The van der Waals surface area contributed by atoms with E-state index in [9.17, 15) is 8.42 Å². The molecule has 0 atom stereocenters. The van der Waals surface area contributed by atoms with Gasteiger partial charge in [-0.2, -0.15) is 0 Å². The Balaban J connectivity index is 3.62. The summed E-state index contributed by atoms with van der Waals surface area (Å²) in [5.41, 5.74) is 5.57. The van der Waals surface area contributed by atoms with Crippen LogP contribution in [-0.4, -0.2) is 13.5 Å². The van der Waals surface area contributed by atoms with Crippen molar-refractivity contribution in [2.45, 2.75) is 11.8 Å². The fourth-order valence-electron chi connectivity index (χ4n) is 1.08. The second-order valence-electron chi connectivity index (χ2n) is 2.69. The van der Waals surface area contributed by atoms with Crippen LogP contribution in [0.3, 0.4) is 0 Å². The maximum atomic E-state index is 11.0. The first-order valence-electron chi connectivity index (χ1n) is 3.45. The molecule has 0 fully saturated rings. The van der Waals surface area contributed by atoms with E-state index in [-0.39, 0.29) is 16.3 Å². The summed E-state index contributed by atoms with van der Waals surface area (Å²) in [6, 6.07) is 2.75. The van der Waals surface area contributed by atoms with Crippen molar-refractivity contribution in [2.75, 3.05) is 5.73 Å². The van der Waals surface area contributed by atoms with Gasteiger partial charge in [-0.25, -0.2) is 13.6 Å². The third-order valence-corrected chi connectivity index (χ3v) is 2.77. The Morgan fingerprint density at radius 2 is 1.92 bits per heavy atom. The molecule has 0 aliphatic heterocycles. The topological polar surface area (TPSA) is 106 Å². The van der Waals surface area contributed by atoms with Crippen LogP contribution < -0.4 is 10.9 Å². The van der Waals surface area contributed by atoms with Gasteiger partial charge in [0.1, 0.15) is 10.6 Å². The largest absolute Gasteiger partial charge is 0.506 e. The average Bonchev–Trinajstić information content (AvgIpc) is 1.95. The molecule has 0 heterocycles. The van der Waals surface area contributed by atoms with E-state index in [1.54, 1.807) is 6.92 Å². The number of rotatable bonds is 1. The lowest BCUT2D eigenvalue weighted by Gasteiger charge is -2.07. The molecule has 0 radical (unpaired) electrons. The van der Waals surface area contributed by atoms with Gasteiger partial charge in [0, 0.05) is 0 Å². The van der Waals surface area contributed by atoms with Gasteiger partial charge in [0.25, 0.3) is 0 Å². The van der Waals surface area contributed by atoms with Crippen LogP contribution in [0.1, 0.15) is 5.56 Å². The first-order valence-corrected chi connectivity index (χ1v) is 4.99. The summed E-state index contributed by atoms with van der Waals surface area (Å²) >= 11 is 0. The molecular formula is C7H10N2O3S. The van der Waals surface area contributed by atoms with E-state index in [1.807, 2.05) is 0 Å². The molecule has 0 saturated carbocycles. The molecule has 72 valence electrons. The lowest BCUT2D eigenvalue weighted by Crippen LogP contribution is -2.15. The molecule has 1 rings (SSSR count). The van der Waals surface area contributed by atoms with Crippen molar-refractivity contribution in [1.82, 2.24) is 0 Å². The molecule has 0 saturated heterocycles. The van der Waals surface area contributed by atoms with Gasteiger partial charge in [0.2, 0.25) is 10.0 Å². The van der Waals surface area contributed by atoms with Crippen LogP contribution in [0.2, 0.25) is 0 Å². The number of hydrogen-bond acceptors (Lipinski definition) is 4.